The van der Waals surface area contributed by atoms with E-state index in [-0.39, 0.29) is 23.3 Å². The Balaban J connectivity index is 1.60. The molecule has 0 spiro atoms. The second-order valence-electron chi connectivity index (χ2n) is 6.19. The SMILES string of the molecule is N#Cc1ccccc1NC(=O)C1CCN(C(=O)c2ccccc2F)CC1. The number of piperidine rings is 1. The lowest BCUT2D eigenvalue weighted by Crippen LogP contribution is -2.41. The summed E-state index contributed by atoms with van der Waals surface area (Å²) in [6.07, 6.45) is 1.00. The number of nitriles is 1. The number of anilines is 1. The summed E-state index contributed by atoms with van der Waals surface area (Å²) in [6, 6.07) is 14.8. The molecule has 1 heterocycles. The van der Waals surface area contributed by atoms with Gasteiger partial charge in [0.05, 0.1) is 16.8 Å². The highest BCUT2D eigenvalue weighted by Crippen LogP contribution is 2.22. The monoisotopic (exact) mass is 351 g/mol. The minimum absolute atomic E-state index is 0.0540. The summed E-state index contributed by atoms with van der Waals surface area (Å²) in [7, 11) is 0. The highest BCUT2D eigenvalue weighted by Gasteiger charge is 2.29. The molecule has 1 aliphatic rings. The van der Waals surface area contributed by atoms with Crippen LogP contribution in [0.2, 0.25) is 0 Å². The zero-order chi connectivity index (χ0) is 18.5. The lowest BCUT2D eigenvalue weighted by molar-refractivity contribution is -0.121. The van der Waals surface area contributed by atoms with Crippen molar-refractivity contribution in [2.75, 3.05) is 18.4 Å². The molecule has 2 aromatic rings. The van der Waals surface area contributed by atoms with Crippen LogP contribution in [0, 0.1) is 23.1 Å². The standard InChI is InChI=1S/C20H18FN3O2/c21-17-7-3-2-6-16(17)20(26)24-11-9-14(10-12-24)19(25)23-18-8-4-1-5-15(18)13-22/h1-8,14H,9-12H2,(H,23,25). The number of para-hydroxylation sites is 1. The molecule has 1 fully saturated rings. The van der Waals surface area contributed by atoms with Crippen molar-refractivity contribution >= 4 is 17.5 Å². The molecule has 2 amide bonds. The van der Waals surface area contributed by atoms with E-state index in [9.17, 15) is 14.0 Å². The second kappa shape index (κ2) is 7.79. The van der Waals surface area contributed by atoms with E-state index in [4.69, 9.17) is 5.26 Å². The van der Waals surface area contributed by atoms with Crippen molar-refractivity contribution < 1.29 is 14.0 Å². The largest absolute Gasteiger partial charge is 0.339 e. The second-order valence-corrected chi connectivity index (χ2v) is 6.19. The molecule has 0 bridgehead atoms. The number of hydrogen-bond acceptors (Lipinski definition) is 3. The number of amides is 2. The number of carbonyl (C=O) groups excluding carboxylic acids is 2. The highest BCUT2D eigenvalue weighted by molar-refractivity contribution is 5.96. The van der Waals surface area contributed by atoms with Crippen LogP contribution in [0.3, 0.4) is 0 Å². The first kappa shape index (κ1) is 17.6. The van der Waals surface area contributed by atoms with Crippen LogP contribution in [0.1, 0.15) is 28.8 Å². The summed E-state index contributed by atoms with van der Waals surface area (Å²) in [5, 5.41) is 11.9. The molecule has 0 radical (unpaired) electrons. The van der Waals surface area contributed by atoms with Gasteiger partial charge < -0.3 is 10.2 Å². The minimum Gasteiger partial charge on any atom is -0.339 e. The van der Waals surface area contributed by atoms with Crippen molar-refractivity contribution in [3.8, 4) is 6.07 Å². The first-order valence-corrected chi connectivity index (χ1v) is 8.44. The van der Waals surface area contributed by atoms with Crippen LogP contribution in [0.5, 0.6) is 0 Å². The van der Waals surface area contributed by atoms with Gasteiger partial charge in [0.25, 0.3) is 5.91 Å². The molecule has 2 aromatic carbocycles. The van der Waals surface area contributed by atoms with E-state index >= 15 is 0 Å². The Kier molecular flexibility index (Phi) is 5.28. The van der Waals surface area contributed by atoms with Crippen LogP contribution in [-0.2, 0) is 4.79 Å². The van der Waals surface area contributed by atoms with Crippen LogP contribution >= 0.6 is 0 Å². The Bertz CT molecular complexity index is 867. The van der Waals surface area contributed by atoms with Gasteiger partial charge in [-0.25, -0.2) is 4.39 Å². The van der Waals surface area contributed by atoms with E-state index in [0.29, 0.717) is 37.2 Å². The third-order valence-electron chi connectivity index (χ3n) is 4.56. The molecule has 5 nitrogen and oxygen atoms in total. The van der Waals surface area contributed by atoms with Crippen molar-refractivity contribution in [1.29, 1.82) is 5.26 Å². The molecule has 1 saturated heterocycles. The number of likely N-dealkylation sites (tertiary alicyclic amines) is 1. The molecule has 3 rings (SSSR count). The average Bonchev–Trinajstić information content (AvgIpc) is 2.68. The Labute approximate surface area is 151 Å². The van der Waals surface area contributed by atoms with E-state index in [0.717, 1.165) is 0 Å². The molecule has 26 heavy (non-hydrogen) atoms. The Morgan fingerprint density at radius 2 is 1.73 bits per heavy atom. The quantitative estimate of drug-likeness (QED) is 0.923. The van der Waals surface area contributed by atoms with E-state index < -0.39 is 5.82 Å². The average molecular weight is 351 g/mol. The number of hydrogen-bond donors (Lipinski definition) is 1. The van der Waals surface area contributed by atoms with E-state index in [1.165, 1.54) is 12.1 Å². The number of halogens is 1. The van der Waals surface area contributed by atoms with Crippen molar-refractivity contribution in [3.63, 3.8) is 0 Å². The maximum atomic E-state index is 13.8. The number of benzene rings is 2. The van der Waals surface area contributed by atoms with E-state index in [1.807, 2.05) is 6.07 Å². The molecule has 0 unspecified atom stereocenters. The maximum Gasteiger partial charge on any atom is 0.256 e. The molecule has 0 aliphatic carbocycles. The molecular formula is C20H18FN3O2. The lowest BCUT2D eigenvalue weighted by Gasteiger charge is -2.31. The van der Waals surface area contributed by atoms with Crippen molar-refractivity contribution in [2.24, 2.45) is 5.92 Å². The van der Waals surface area contributed by atoms with Gasteiger partial charge in [-0.2, -0.15) is 5.26 Å². The summed E-state index contributed by atoms with van der Waals surface area (Å²) >= 11 is 0. The number of nitrogens with one attached hydrogen (secondary N) is 1. The summed E-state index contributed by atoms with van der Waals surface area (Å²) < 4.78 is 13.8. The molecular weight excluding hydrogens is 333 g/mol. The maximum absolute atomic E-state index is 13.8. The fourth-order valence-electron chi connectivity index (χ4n) is 3.07. The van der Waals surface area contributed by atoms with Crippen LogP contribution in [0.4, 0.5) is 10.1 Å². The van der Waals surface area contributed by atoms with Gasteiger partial charge in [0.2, 0.25) is 5.91 Å². The fraction of sp³-hybridized carbons (Fsp3) is 0.250. The molecule has 0 atom stereocenters. The van der Waals surface area contributed by atoms with Crippen LogP contribution in [0.15, 0.2) is 48.5 Å². The third kappa shape index (κ3) is 3.72. The normalized spacial score (nSPS) is 14.5. The summed E-state index contributed by atoms with van der Waals surface area (Å²) in [6.45, 7) is 0.788. The van der Waals surface area contributed by atoms with E-state index in [1.54, 1.807) is 41.3 Å². The van der Waals surface area contributed by atoms with Gasteiger partial charge in [0.15, 0.2) is 0 Å². The van der Waals surface area contributed by atoms with Crippen LogP contribution in [-0.4, -0.2) is 29.8 Å². The summed E-state index contributed by atoms with van der Waals surface area (Å²) in [4.78, 5) is 26.4. The van der Waals surface area contributed by atoms with Gasteiger partial charge in [-0.1, -0.05) is 24.3 Å². The zero-order valence-corrected chi connectivity index (χ0v) is 14.1. The van der Waals surface area contributed by atoms with Gasteiger partial charge in [0, 0.05) is 19.0 Å². The van der Waals surface area contributed by atoms with Crippen molar-refractivity contribution in [2.45, 2.75) is 12.8 Å². The number of nitrogens with zero attached hydrogens (tertiary/aromatic N) is 2. The van der Waals surface area contributed by atoms with Gasteiger partial charge in [-0.05, 0) is 37.1 Å². The number of carbonyl (C=O) groups is 2. The molecule has 132 valence electrons. The predicted molar refractivity (Wildman–Crippen MR) is 94.8 cm³/mol. The molecule has 0 saturated carbocycles. The Morgan fingerprint density at radius 3 is 2.42 bits per heavy atom. The van der Waals surface area contributed by atoms with Gasteiger partial charge in [-0.3, -0.25) is 9.59 Å². The third-order valence-corrected chi connectivity index (χ3v) is 4.56. The first-order chi connectivity index (χ1) is 12.6. The predicted octanol–water partition coefficient (Wildman–Crippen LogP) is 3.19. The van der Waals surface area contributed by atoms with Crippen molar-refractivity contribution in [1.82, 2.24) is 4.90 Å². The van der Waals surface area contributed by atoms with Crippen LogP contribution < -0.4 is 5.32 Å². The molecule has 1 N–H and O–H groups in total. The summed E-state index contributed by atoms with van der Waals surface area (Å²) in [5.74, 6) is -1.29. The topological polar surface area (TPSA) is 73.2 Å². The zero-order valence-electron chi connectivity index (χ0n) is 14.1. The minimum atomic E-state index is -0.537. The molecule has 0 aromatic heterocycles. The Hall–Kier alpha value is -3.20. The Morgan fingerprint density at radius 1 is 1.08 bits per heavy atom. The van der Waals surface area contributed by atoms with Gasteiger partial charge >= 0.3 is 0 Å². The van der Waals surface area contributed by atoms with Crippen molar-refractivity contribution in [3.05, 3.63) is 65.5 Å². The highest BCUT2D eigenvalue weighted by atomic mass is 19.1. The summed E-state index contributed by atoms with van der Waals surface area (Å²) in [5.41, 5.74) is 0.955. The smallest absolute Gasteiger partial charge is 0.256 e. The molecule has 1 aliphatic heterocycles. The number of rotatable bonds is 3. The van der Waals surface area contributed by atoms with Gasteiger partial charge in [0.1, 0.15) is 11.9 Å². The van der Waals surface area contributed by atoms with Crippen LogP contribution in [0.25, 0.3) is 0 Å². The first-order valence-electron chi connectivity index (χ1n) is 8.44. The fourth-order valence-corrected chi connectivity index (χ4v) is 3.07. The van der Waals surface area contributed by atoms with Gasteiger partial charge in [-0.15, -0.1) is 0 Å². The lowest BCUT2D eigenvalue weighted by atomic mass is 9.95. The molecule has 6 heteroatoms. The van der Waals surface area contributed by atoms with E-state index in [2.05, 4.69) is 5.32 Å².